The lowest BCUT2D eigenvalue weighted by Crippen LogP contribution is -2.29. The van der Waals surface area contributed by atoms with E-state index in [1.165, 1.54) is 17.8 Å². The van der Waals surface area contributed by atoms with Gasteiger partial charge in [-0.2, -0.15) is 5.26 Å². The molecule has 35 heavy (non-hydrogen) atoms. The van der Waals surface area contributed by atoms with Crippen molar-refractivity contribution in [2.24, 2.45) is 0 Å². The number of allylic oxidation sites excluding steroid dienone is 2. The number of anilines is 1. The van der Waals surface area contributed by atoms with Crippen LogP contribution in [0.4, 0.5) is 5.69 Å². The van der Waals surface area contributed by atoms with E-state index in [9.17, 15) is 14.9 Å². The van der Waals surface area contributed by atoms with Gasteiger partial charge in [-0.15, -0.1) is 0 Å². The number of thioether (sulfide) groups is 1. The number of aryl methyl sites for hydroxylation is 1. The van der Waals surface area contributed by atoms with Crippen molar-refractivity contribution in [2.75, 3.05) is 17.7 Å². The number of hydrogen-bond acceptors (Lipinski definition) is 6. The topological polar surface area (TPSA) is 91.2 Å². The highest BCUT2D eigenvalue weighted by molar-refractivity contribution is 8.03. The first kappa shape index (κ1) is 26.1. The number of nitrogens with one attached hydrogen (secondary N) is 2. The molecule has 0 radical (unpaired) electrons. The van der Waals surface area contributed by atoms with Crippen LogP contribution in [-0.2, 0) is 20.7 Å². The lowest BCUT2D eigenvalue weighted by molar-refractivity contribution is -0.138. The summed E-state index contributed by atoms with van der Waals surface area (Å²) in [7, 11) is 0. The molecule has 0 saturated heterocycles. The van der Waals surface area contributed by atoms with Crippen LogP contribution < -0.4 is 10.6 Å². The highest BCUT2D eigenvalue weighted by atomic mass is 35.5. The molecule has 0 spiro atoms. The van der Waals surface area contributed by atoms with Crippen LogP contribution in [0.5, 0.6) is 0 Å². The minimum atomic E-state index is -0.665. The Morgan fingerprint density at radius 2 is 1.97 bits per heavy atom. The third kappa shape index (κ3) is 6.36. The molecule has 2 aromatic rings. The molecule has 1 amide bonds. The van der Waals surface area contributed by atoms with Crippen LogP contribution in [0.1, 0.15) is 30.9 Å². The number of hydrogen-bond donors (Lipinski definition) is 2. The lowest BCUT2D eigenvalue weighted by atomic mass is 9.82. The van der Waals surface area contributed by atoms with Crippen LogP contribution in [-0.4, -0.2) is 24.2 Å². The first-order valence-electron chi connectivity index (χ1n) is 11.1. The van der Waals surface area contributed by atoms with E-state index < -0.39 is 11.9 Å². The first-order chi connectivity index (χ1) is 16.9. The molecule has 0 aliphatic carbocycles. The molecule has 6 nitrogen and oxygen atoms in total. The zero-order valence-corrected chi connectivity index (χ0v) is 21.1. The van der Waals surface area contributed by atoms with E-state index in [1.807, 2.05) is 31.2 Å². The molecule has 8 heteroatoms. The number of halogens is 1. The number of benzene rings is 2. The summed E-state index contributed by atoms with van der Waals surface area (Å²) in [6, 6.07) is 16.9. The van der Waals surface area contributed by atoms with Gasteiger partial charge in [0.2, 0.25) is 5.91 Å². The highest BCUT2D eigenvalue weighted by Crippen LogP contribution is 2.41. The minimum absolute atomic E-state index is 0.0512. The van der Waals surface area contributed by atoms with Gasteiger partial charge in [-0.3, -0.25) is 4.79 Å². The fraction of sp³-hybridized carbons (Fsp3) is 0.222. The van der Waals surface area contributed by atoms with Gasteiger partial charge < -0.3 is 15.4 Å². The summed E-state index contributed by atoms with van der Waals surface area (Å²) in [4.78, 5) is 25.6. The fourth-order valence-electron chi connectivity index (χ4n) is 3.77. The van der Waals surface area contributed by atoms with Gasteiger partial charge >= 0.3 is 5.97 Å². The van der Waals surface area contributed by atoms with Crippen LogP contribution >= 0.6 is 23.4 Å². The Bertz CT molecular complexity index is 1230. The number of dihydropyridines is 1. The second-order valence-corrected chi connectivity index (χ2v) is 9.16. The molecular formula is C27H26ClN3O3S. The van der Waals surface area contributed by atoms with Crippen LogP contribution in [0, 0.1) is 11.3 Å². The second-order valence-electron chi connectivity index (χ2n) is 7.74. The van der Waals surface area contributed by atoms with Crippen molar-refractivity contribution >= 4 is 40.9 Å². The SMILES string of the molecule is C=CCOC(=O)C1=C(C)NC(SCC(=O)Nc2ccccc2CC)=C(C#N)C1c1ccc(Cl)cc1. The van der Waals surface area contributed by atoms with E-state index in [0.717, 1.165) is 23.2 Å². The first-order valence-corrected chi connectivity index (χ1v) is 12.4. The summed E-state index contributed by atoms with van der Waals surface area (Å²) in [6.07, 6.45) is 2.28. The zero-order valence-electron chi connectivity index (χ0n) is 19.6. The summed E-state index contributed by atoms with van der Waals surface area (Å²) in [5.41, 5.74) is 3.75. The smallest absolute Gasteiger partial charge is 0.337 e. The Hall–Kier alpha value is -3.47. The molecule has 1 atom stereocenters. The van der Waals surface area contributed by atoms with Gasteiger partial charge in [-0.1, -0.05) is 73.3 Å². The number of nitriles is 1. The number of carbonyl (C=O) groups excluding carboxylic acids is 2. The summed E-state index contributed by atoms with van der Waals surface area (Å²) in [6.45, 7) is 7.41. The van der Waals surface area contributed by atoms with Crippen molar-refractivity contribution in [3.8, 4) is 6.07 Å². The molecular weight excluding hydrogens is 482 g/mol. The predicted molar refractivity (Wildman–Crippen MR) is 141 cm³/mol. The molecule has 1 aliphatic rings. The molecule has 0 saturated carbocycles. The number of carbonyl (C=O) groups is 2. The fourth-order valence-corrected chi connectivity index (χ4v) is 4.79. The van der Waals surface area contributed by atoms with Crippen molar-refractivity contribution in [2.45, 2.75) is 26.2 Å². The Kier molecular flexibility index (Phi) is 9.18. The van der Waals surface area contributed by atoms with Crippen LogP contribution in [0.3, 0.4) is 0 Å². The van der Waals surface area contributed by atoms with Crippen LogP contribution in [0.2, 0.25) is 5.02 Å². The third-order valence-corrected chi connectivity index (χ3v) is 6.69. The maximum Gasteiger partial charge on any atom is 0.337 e. The van der Waals surface area contributed by atoms with Crippen molar-refractivity contribution < 1.29 is 14.3 Å². The summed E-state index contributed by atoms with van der Waals surface area (Å²) >= 11 is 7.28. The quantitative estimate of drug-likeness (QED) is 0.334. The molecule has 2 aromatic carbocycles. The maximum atomic E-state index is 12.9. The Balaban J connectivity index is 1.89. The standard InChI is InChI=1S/C27H26ClN3O3S/c1-4-14-34-27(33)24-17(3)30-26(21(15-29)25(24)19-10-12-20(28)13-11-19)35-16-23(32)31-22-9-7-6-8-18(22)5-2/h4,6-13,25,30H,1,5,14,16H2,2-3H3,(H,31,32). The highest BCUT2D eigenvalue weighted by Gasteiger charge is 2.35. The van der Waals surface area contributed by atoms with E-state index in [2.05, 4.69) is 23.3 Å². The van der Waals surface area contributed by atoms with Gasteiger partial charge in [0, 0.05) is 16.4 Å². The van der Waals surface area contributed by atoms with Gasteiger partial charge in [0.15, 0.2) is 0 Å². The monoisotopic (exact) mass is 507 g/mol. The maximum absolute atomic E-state index is 12.9. The van der Waals surface area contributed by atoms with E-state index in [0.29, 0.717) is 26.9 Å². The molecule has 0 fully saturated rings. The number of rotatable bonds is 9. The number of amides is 1. The van der Waals surface area contributed by atoms with E-state index in [4.69, 9.17) is 16.3 Å². The van der Waals surface area contributed by atoms with E-state index in [-0.39, 0.29) is 18.3 Å². The molecule has 1 aliphatic heterocycles. The average Bonchev–Trinajstić information content (AvgIpc) is 2.86. The van der Waals surface area contributed by atoms with Gasteiger partial charge in [0.05, 0.1) is 33.9 Å². The minimum Gasteiger partial charge on any atom is -0.458 e. The van der Waals surface area contributed by atoms with Crippen LogP contribution in [0.25, 0.3) is 0 Å². The summed E-state index contributed by atoms with van der Waals surface area (Å²) in [5, 5.41) is 17.2. The Morgan fingerprint density at radius 1 is 1.26 bits per heavy atom. The third-order valence-electron chi connectivity index (χ3n) is 5.42. The number of para-hydroxylation sites is 1. The molecule has 1 heterocycles. The van der Waals surface area contributed by atoms with Gasteiger partial charge in [0.25, 0.3) is 0 Å². The van der Waals surface area contributed by atoms with Crippen molar-refractivity contribution in [3.05, 3.63) is 99.2 Å². The molecule has 180 valence electrons. The van der Waals surface area contributed by atoms with Crippen molar-refractivity contribution in [1.82, 2.24) is 5.32 Å². The van der Waals surface area contributed by atoms with E-state index in [1.54, 1.807) is 31.2 Å². The summed E-state index contributed by atoms with van der Waals surface area (Å²) in [5.74, 6) is -1.31. The molecule has 3 rings (SSSR count). The Labute approximate surface area is 214 Å². The van der Waals surface area contributed by atoms with Crippen molar-refractivity contribution in [1.29, 1.82) is 5.26 Å². The molecule has 0 aromatic heterocycles. The van der Waals surface area contributed by atoms with E-state index >= 15 is 0 Å². The average molecular weight is 508 g/mol. The predicted octanol–water partition coefficient (Wildman–Crippen LogP) is 5.70. The van der Waals surface area contributed by atoms with Gasteiger partial charge in [0.1, 0.15) is 6.61 Å². The number of esters is 1. The normalized spacial score (nSPS) is 15.2. The zero-order chi connectivity index (χ0) is 25.4. The second kappa shape index (κ2) is 12.3. The lowest BCUT2D eigenvalue weighted by Gasteiger charge is -2.29. The molecule has 1 unspecified atom stereocenters. The van der Waals surface area contributed by atoms with Gasteiger partial charge in [-0.05, 0) is 42.7 Å². The summed E-state index contributed by atoms with van der Waals surface area (Å²) < 4.78 is 5.31. The van der Waals surface area contributed by atoms with Gasteiger partial charge in [-0.25, -0.2) is 4.79 Å². The molecule has 0 bridgehead atoms. The van der Waals surface area contributed by atoms with Crippen LogP contribution in [0.15, 0.2) is 83.1 Å². The Morgan fingerprint density at radius 3 is 2.63 bits per heavy atom. The molecule has 2 N–H and O–H groups in total. The number of nitrogens with zero attached hydrogens (tertiary/aromatic N) is 1. The largest absolute Gasteiger partial charge is 0.458 e. The number of ether oxygens (including phenoxy) is 1. The van der Waals surface area contributed by atoms with Crippen molar-refractivity contribution in [3.63, 3.8) is 0 Å².